The summed E-state index contributed by atoms with van der Waals surface area (Å²) in [5.41, 5.74) is 1.17. The van der Waals surface area contributed by atoms with Gasteiger partial charge < -0.3 is 5.32 Å². The molecular formula is C14H18N4O3S. The van der Waals surface area contributed by atoms with E-state index in [-0.39, 0.29) is 12.5 Å². The van der Waals surface area contributed by atoms with E-state index in [0.29, 0.717) is 37.4 Å². The van der Waals surface area contributed by atoms with Crippen molar-refractivity contribution in [2.45, 2.75) is 0 Å². The molecule has 0 atom stereocenters. The fraction of sp³-hybridized carbons (Fsp3) is 0.429. The van der Waals surface area contributed by atoms with Crippen LogP contribution < -0.4 is 5.32 Å². The summed E-state index contributed by atoms with van der Waals surface area (Å²) in [5, 5.41) is 11.5. The number of carbonyl (C=O) groups is 1. The van der Waals surface area contributed by atoms with Gasteiger partial charge in [-0.15, -0.1) is 0 Å². The number of nitriles is 1. The minimum atomic E-state index is -3.15. The summed E-state index contributed by atoms with van der Waals surface area (Å²) in [7, 11) is -3.15. The fourth-order valence-electron chi connectivity index (χ4n) is 2.25. The Bertz CT molecular complexity index is 671. The minimum absolute atomic E-state index is 0.155. The SMILES string of the molecule is CS(=O)(=O)N1CCN(CC(=O)Nc2ccc(C#N)cc2)CC1. The standard InChI is InChI=1S/C14H18N4O3S/c1-22(20,21)18-8-6-17(7-9-18)11-14(19)16-13-4-2-12(10-15)3-5-13/h2-5H,6-9,11H2,1H3,(H,16,19). The molecule has 1 aliphatic heterocycles. The first-order valence-electron chi connectivity index (χ1n) is 6.86. The Hall–Kier alpha value is -1.95. The van der Waals surface area contributed by atoms with E-state index in [2.05, 4.69) is 5.32 Å². The van der Waals surface area contributed by atoms with Crippen LogP contribution in [0.4, 0.5) is 5.69 Å². The third kappa shape index (κ3) is 4.53. The lowest BCUT2D eigenvalue weighted by molar-refractivity contribution is -0.117. The maximum Gasteiger partial charge on any atom is 0.238 e. The van der Waals surface area contributed by atoms with Gasteiger partial charge in [-0.25, -0.2) is 8.42 Å². The zero-order valence-electron chi connectivity index (χ0n) is 12.3. The first-order chi connectivity index (χ1) is 10.4. The zero-order valence-corrected chi connectivity index (χ0v) is 13.1. The number of sulfonamides is 1. The molecule has 1 heterocycles. The molecule has 0 radical (unpaired) electrons. The van der Waals surface area contributed by atoms with E-state index in [9.17, 15) is 13.2 Å². The summed E-state index contributed by atoms with van der Waals surface area (Å²) in [4.78, 5) is 13.9. The van der Waals surface area contributed by atoms with Crippen LogP contribution in [0.3, 0.4) is 0 Å². The van der Waals surface area contributed by atoms with Crippen molar-refractivity contribution in [3.63, 3.8) is 0 Å². The van der Waals surface area contributed by atoms with Crippen molar-refractivity contribution in [3.05, 3.63) is 29.8 Å². The molecular weight excluding hydrogens is 304 g/mol. The number of benzene rings is 1. The second-order valence-electron chi connectivity index (χ2n) is 5.18. The van der Waals surface area contributed by atoms with Gasteiger partial charge >= 0.3 is 0 Å². The molecule has 1 fully saturated rings. The number of hydrogen-bond donors (Lipinski definition) is 1. The van der Waals surface area contributed by atoms with E-state index in [4.69, 9.17) is 5.26 Å². The fourth-order valence-corrected chi connectivity index (χ4v) is 3.08. The van der Waals surface area contributed by atoms with Crippen LogP contribution in [0.25, 0.3) is 0 Å². The van der Waals surface area contributed by atoms with Crippen molar-refractivity contribution in [1.29, 1.82) is 5.26 Å². The lowest BCUT2D eigenvalue weighted by Gasteiger charge is -2.32. The van der Waals surface area contributed by atoms with E-state index in [1.807, 2.05) is 11.0 Å². The largest absolute Gasteiger partial charge is 0.325 e. The van der Waals surface area contributed by atoms with Gasteiger partial charge in [-0.1, -0.05) is 0 Å². The number of anilines is 1. The lowest BCUT2D eigenvalue weighted by atomic mass is 10.2. The Morgan fingerprint density at radius 1 is 1.23 bits per heavy atom. The van der Waals surface area contributed by atoms with Crippen LogP contribution in [0.2, 0.25) is 0 Å². The number of amides is 1. The van der Waals surface area contributed by atoms with Crippen molar-refractivity contribution < 1.29 is 13.2 Å². The average Bonchev–Trinajstić information content (AvgIpc) is 2.47. The van der Waals surface area contributed by atoms with Crippen molar-refractivity contribution >= 4 is 21.6 Å². The van der Waals surface area contributed by atoms with E-state index < -0.39 is 10.0 Å². The molecule has 8 heteroatoms. The van der Waals surface area contributed by atoms with E-state index in [1.54, 1.807) is 24.3 Å². The third-order valence-electron chi connectivity index (χ3n) is 3.47. The predicted molar refractivity (Wildman–Crippen MR) is 82.6 cm³/mol. The molecule has 0 aromatic heterocycles. The van der Waals surface area contributed by atoms with Crippen molar-refractivity contribution in [1.82, 2.24) is 9.21 Å². The maximum absolute atomic E-state index is 12.0. The summed E-state index contributed by atoms with van der Waals surface area (Å²) < 4.78 is 24.2. The molecule has 0 unspecified atom stereocenters. The second kappa shape index (κ2) is 6.87. The Labute approximate surface area is 130 Å². The molecule has 1 aromatic rings. The molecule has 1 saturated heterocycles. The molecule has 1 amide bonds. The van der Waals surface area contributed by atoms with Gasteiger partial charge in [0.2, 0.25) is 15.9 Å². The molecule has 0 bridgehead atoms. The summed E-state index contributed by atoms with van der Waals surface area (Å²) >= 11 is 0. The molecule has 2 rings (SSSR count). The highest BCUT2D eigenvalue weighted by Gasteiger charge is 2.24. The van der Waals surface area contributed by atoms with Gasteiger partial charge in [0.25, 0.3) is 0 Å². The van der Waals surface area contributed by atoms with E-state index in [0.717, 1.165) is 0 Å². The summed E-state index contributed by atoms with van der Waals surface area (Å²) in [6, 6.07) is 8.65. The lowest BCUT2D eigenvalue weighted by Crippen LogP contribution is -2.50. The van der Waals surface area contributed by atoms with Crippen LogP contribution in [-0.4, -0.2) is 62.5 Å². The molecule has 118 valence electrons. The molecule has 1 aromatic carbocycles. The second-order valence-corrected chi connectivity index (χ2v) is 7.16. The Kier molecular flexibility index (Phi) is 5.13. The summed E-state index contributed by atoms with van der Waals surface area (Å²) in [5.74, 6) is -0.155. The molecule has 7 nitrogen and oxygen atoms in total. The molecule has 0 aliphatic carbocycles. The Balaban J connectivity index is 1.82. The molecule has 22 heavy (non-hydrogen) atoms. The van der Waals surface area contributed by atoms with Gasteiger partial charge in [-0.3, -0.25) is 9.69 Å². The quantitative estimate of drug-likeness (QED) is 0.847. The molecule has 0 saturated carbocycles. The Morgan fingerprint density at radius 2 is 1.82 bits per heavy atom. The minimum Gasteiger partial charge on any atom is -0.325 e. The van der Waals surface area contributed by atoms with Gasteiger partial charge in [-0.2, -0.15) is 9.57 Å². The predicted octanol–water partition coefficient (Wildman–Crippen LogP) is 0.0740. The van der Waals surface area contributed by atoms with Crippen LogP contribution in [0.1, 0.15) is 5.56 Å². The number of rotatable bonds is 4. The normalized spacial score (nSPS) is 16.9. The van der Waals surface area contributed by atoms with Crippen molar-refractivity contribution in [2.75, 3.05) is 44.3 Å². The van der Waals surface area contributed by atoms with Crippen molar-refractivity contribution in [3.8, 4) is 6.07 Å². The number of carbonyl (C=O) groups excluding carboxylic acids is 1. The van der Waals surface area contributed by atoms with E-state index >= 15 is 0 Å². The number of nitrogens with zero attached hydrogens (tertiary/aromatic N) is 3. The van der Waals surface area contributed by atoms with Crippen molar-refractivity contribution in [2.24, 2.45) is 0 Å². The first-order valence-corrected chi connectivity index (χ1v) is 8.71. The highest BCUT2D eigenvalue weighted by atomic mass is 32.2. The van der Waals surface area contributed by atoms with E-state index in [1.165, 1.54) is 10.6 Å². The number of hydrogen-bond acceptors (Lipinski definition) is 5. The zero-order chi connectivity index (χ0) is 16.2. The first kappa shape index (κ1) is 16.4. The molecule has 0 spiro atoms. The number of nitrogens with one attached hydrogen (secondary N) is 1. The smallest absolute Gasteiger partial charge is 0.238 e. The molecule has 1 N–H and O–H groups in total. The van der Waals surface area contributed by atoms with Crippen LogP contribution in [0.5, 0.6) is 0 Å². The van der Waals surface area contributed by atoms with Crippen LogP contribution in [-0.2, 0) is 14.8 Å². The topological polar surface area (TPSA) is 93.5 Å². The van der Waals surface area contributed by atoms with Crippen LogP contribution in [0.15, 0.2) is 24.3 Å². The summed E-state index contributed by atoms with van der Waals surface area (Å²) in [6.07, 6.45) is 1.19. The van der Waals surface area contributed by atoms with Crippen LogP contribution >= 0.6 is 0 Å². The summed E-state index contributed by atoms with van der Waals surface area (Å²) in [6.45, 7) is 2.10. The van der Waals surface area contributed by atoms with Gasteiger partial charge in [0.15, 0.2) is 0 Å². The number of piperazine rings is 1. The highest BCUT2D eigenvalue weighted by Crippen LogP contribution is 2.10. The van der Waals surface area contributed by atoms with Crippen LogP contribution in [0, 0.1) is 11.3 Å². The molecule has 1 aliphatic rings. The monoisotopic (exact) mass is 322 g/mol. The average molecular weight is 322 g/mol. The highest BCUT2D eigenvalue weighted by molar-refractivity contribution is 7.88. The third-order valence-corrected chi connectivity index (χ3v) is 4.77. The van der Waals surface area contributed by atoms with Gasteiger partial charge in [0, 0.05) is 31.9 Å². The maximum atomic E-state index is 12.0. The Morgan fingerprint density at radius 3 is 2.32 bits per heavy atom. The van der Waals surface area contributed by atoms with Gasteiger partial charge in [0.1, 0.15) is 0 Å². The van der Waals surface area contributed by atoms with Gasteiger partial charge in [-0.05, 0) is 24.3 Å². The van der Waals surface area contributed by atoms with Gasteiger partial charge in [0.05, 0.1) is 24.4 Å².